The van der Waals surface area contributed by atoms with Crippen LogP contribution in [-0.4, -0.2) is 87.6 Å². The van der Waals surface area contributed by atoms with E-state index in [2.05, 4.69) is 27.1 Å². The first-order valence-corrected chi connectivity index (χ1v) is 6.40. The number of likely N-dealkylation sites (N-methyl/N-ethyl adjacent to an activating group) is 1. The summed E-state index contributed by atoms with van der Waals surface area (Å²) in [6.45, 7) is 6.49. The van der Waals surface area contributed by atoms with Crippen molar-refractivity contribution in [2.24, 2.45) is 0 Å². The Morgan fingerprint density at radius 1 is 1.24 bits per heavy atom. The summed E-state index contributed by atoms with van der Waals surface area (Å²) in [7, 11) is 6.22. The van der Waals surface area contributed by atoms with Gasteiger partial charge < -0.3 is 15.1 Å². The molecule has 0 atom stereocenters. The summed E-state index contributed by atoms with van der Waals surface area (Å²) in [5.41, 5.74) is 0. The Hall–Kier alpha value is -0.650. The first-order chi connectivity index (χ1) is 8.08. The molecule has 17 heavy (non-hydrogen) atoms. The molecule has 0 aliphatic carbocycles. The van der Waals surface area contributed by atoms with E-state index in [9.17, 15) is 4.79 Å². The lowest BCUT2D eigenvalue weighted by Gasteiger charge is -2.31. The molecule has 0 bridgehead atoms. The maximum Gasteiger partial charge on any atom is 0.234 e. The molecule has 1 heterocycles. The number of hydrogen-bond acceptors (Lipinski definition) is 4. The molecule has 5 nitrogen and oxygen atoms in total. The molecule has 1 aliphatic heterocycles. The predicted octanol–water partition coefficient (Wildman–Crippen LogP) is -0.698. The molecule has 0 aromatic heterocycles. The van der Waals surface area contributed by atoms with Gasteiger partial charge in [0.1, 0.15) is 0 Å². The van der Waals surface area contributed by atoms with E-state index in [1.807, 2.05) is 14.1 Å². The highest BCUT2D eigenvalue weighted by Crippen LogP contribution is 1.97. The summed E-state index contributed by atoms with van der Waals surface area (Å²) in [4.78, 5) is 18.3. The van der Waals surface area contributed by atoms with Crippen molar-refractivity contribution in [1.29, 1.82) is 0 Å². The molecular formula is C12H26N4O. The van der Waals surface area contributed by atoms with Crippen LogP contribution in [0.25, 0.3) is 0 Å². The van der Waals surface area contributed by atoms with E-state index in [4.69, 9.17) is 0 Å². The number of carbonyl (C=O) groups is 1. The third-order valence-corrected chi connectivity index (χ3v) is 3.07. The van der Waals surface area contributed by atoms with Crippen LogP contribution in [0.2, 0.25) is 0 Å². The molecule has 1 amide bonds. The first-order valence-electron chi connectivity index (χ1n) is 6.40. The number of piperazine rings is 1. The molecule has 1 rings (SSSR count). The molecular weight excluding hydrogens is 216 g/mol. The third-order valence-electron chi connectivity index (χ3n) is 3.07. The third kappa shape index (κ3) is 6.61. The minimum Gasteiger partial charge on any atom is -0.355 e. The van der Waals surface area contributed by atoms with Crippen LogP contribution in [0.1, 0.15) is 6.42 Å². The van der Waals surface area contributed by atoms with E-state index < -0.39 is 0 Å². The summed E-state index contributed by atoms with van der Waals surface area (Å²) >= 11 is 0. The van der Waals surface area contributed by atoms with Crippen molar-refractivity contribution in [3.8, 4) is 0 Å². The zero-order valence-electron chi connectivity index (χ0n) is 11.4. The number of rotatable bonds is 6. The van der Waals surface area contributed by atoms with E-state index >= 15 is 0 Å². The van der Waals surface area contributed by atoms with Crippen LogP contribution in [0.15, 0.2) is 0 Å². The SMILES string of the molecule is CN(C)CCCNC(=O)CN1CCN(C)CC1. The van der Waals surface area contributed by atoms with Gasteiger partial charge in [0, 0.05) is 32.7 Å². The van der Waals surface area contributed by atoms with Crippen molar-refractivity contribution in [1.82, 2.24) is 20.0 Å². The van der Waals surface area contributed by atoms with E-state index in [1.165, 1.54) is 0 Å². The average Bonchev–Trinajstić information content (AvgIpc) is 2.27. The van der Waals surface area contributed by atoms with Gasteiger partial charge >= 0.3 is 0 Å². The van der Waals surface area contributed by atoms with Gasteiger partial charge in [0.25, 0.3) is 0 Å². The number of amides is 1. The fourth-order valence-corrected chi connectivity index (χ4v) is 1.89. The molecule has 1 aliphatic rings. The van der Waals surface area contributed by atoms with Crippen molar-refractivity contribution >= 4 is 5.91 Å². The lowest BCUT2D eigenvalue weighted by molar-refractivity contribution is -0.122. The van der Waals surface area contributed by atoms with Crippen LogP contribution < -0.4 is 5.32 Å². The van der Waals surface area contributed by atoms with Gasteiger partial charge in [-0.05, 0) is 34.1 Å². The van der Waals surface area contributed by atoms with Crippen molar-refractivity contribution in [3.63, 3.8) is 0 Å². The molecule has 5 heteroatoms. The maximum atomic E-state index is 11.7. The Kier molecular flexibility index (Phi) is 6.47. The maximum absolute atomic E-state index is 11.7. The van der Waals surface area contributed by atoms with Crippen LogP contribution in [0.4, 0.5) is 0 Å². The van der Waals surface area contributed by atoms with Gasteiger partial charge in [-0.3, -0.25) is 9.69 Å². The second kappa shape index (κ2) is 7.63. The Balaban J connectivity index is 2.04. The summed E-state index contributed by atoms with van der Waals surface area (Å²) in [5.74, 6) is 0.160. The Labute approximate surface area is 105 Å². The average molecular weight is 242 g/mol. The minimum atomic E-state index is 0.160. The molecule has 0 saturated carbocycles. The van der Waals surface area contributed by atoms with Crippen molar-refractivity contribution < 1.29 is 4.79 Å². The highest BCUT2D eigenvalue weighted by molar-refractivity contribution is 5.77. The lowest BCUT2D eigenvalue weighted by Crippen LogP contribution is -2.48. The zero-order chi connectivity index (χ0) is 12.7. The van der Waals surface area contributed by atoms with Crippen LogP contribution in [-0.2, 0) is 4.79 Å². The molecule has 1 fully saturated rings. The normalized spacial score (nSPS) is 18.6. The van der Waals surface area contributed by atoms with Gasteiger partial charge in [0.05, 0.1) is 6.54 Å². The molecule has 1 saturated heterocycles. The molecule has 100 valence electrons. The van der Waals surface area contributed by atoms with Gasteiger partial charge in [-0.25, -0.2) is 0 Å². The highest BCUT2D eigenvalue weighted by Gasteiger charge is 2.15. The van der Waals surface area contributed by atoms with Crippen LogP contribution in [0, 0.1) is 0 Å². The van der Waals surface area contributed by atoms with E-state index in [0.717, 1.165) is 45.7 Å². The Morgan fingerprint density at radius 2 is 1.88 bits per heavy atom. The molecule has 0 aromatic rings. The molecule has 0 spiro atoms. The van der Waals surface area contributed by atoms with Gasteiger partial charge in [0.15, 0.2) is 0 Å². The summed E-state index contributed by atoms with van der Waals surface area (Å²) in [6, 6.07) is 0. The molecule has 0 radical (unpaired) electrons. The molecule has 0 unspecified atom stereocenters. The number of carbonyl (C=O) groups excluding carboxylic acids is 1. The van der Waals surface area contributed by atoms with Crippen molar-refractivity contribution in [3.05, 3.63) is 0 Å². The second-order valence-corrected chi connectivity index (χ2v) is 5.09. The summed E-state index contributed by atoms with van der Waals surface area (Å²) < 4.78 is 0. The largest absolute Gasteiger partial charge is 0.355 e. The monoisotopic (exact) mass is 242 g/mol. The Morgan fingerprint density at radius 3 is 2.47 bits per heavy atom. The standard InChI is InChI=1S/C12H26N4O/c1-14(2)6-4-5-13-12(17)11-16-9-7-15(3)8-10-16/h4-11H2,1-3H3,(H,13,17). The van der Waals surface area contributed by atoms with Crippen molar-refractivity contribution in [2.75, 3.05) is 67.0 Å². The van der Waals surface area contributed by atoms with Gasteiger partial charge in [-0.1, -0.05) is 0 Å². The quantitative estimate of drug-likeness (QED) is 0.625. The van der Waals surface area contributed by atoms with Gasteiger partial charge in [-0.2, -0.15) is 0 Å². The number of nitrogens with zero attached hydrogens (tertiary/aromatic N) is 3. The highest BCUT2D eigenvalue weighted by atomic mass is 16.2. The lowest BCUT2D eigenvalue weighted by atomic mass is 10.3. The van der Waals surface area contributed by atoms with Gasteiger partial charge in [-0.15, -0.1) is 0 Å². The van der Waals surface area contributed by atoms with E-state index in [0.29, 0.717) is 6.54 Å². The number of hydrogen-bond donors (Lipinski definition) is 1. The van der Waals surface area contributed by atoms with Gasteiger partial charge in [0.2, 0.25) is 5.91 Å². The van der Waals surface area contributed by atoms with E-state index in [1.54, 1.807) is 0 Å². The summed E-state index contributed by atoms with van der Waals surface area (Å²) in [5, 5.41) is 2.98. The molecule has 1 N–H and O–H groups in total. The second-order valence-electron chi connectivity index (χ2n) is 5.09. The Bertz CT molecular complexity index is 225. The van der Waals surface area contributed by atoms with E-state index in [-0.39, 0.29) is 5.91 Å². The van der Waals surface area contributed by atoms with Crippen LogP contribution in [0.3, 0.4) is 0 Å². The number of nitrogens with one attached hydrogen (secondary N) is 1. The minimum absolute atomic E-state index is 0.160. The predicted molar refractivity (Wildman–Crippen MR) is 70.1 cm³/mol. The topological polar surface area (TPSA) is 38.8 Å². The fraction of sp³-hybridized carbons (Fsp3) is 0.917. The van der Waals surface area contributed by atoms with Crippen LogP contribution >= 0.6 is 0 Å². The fourth-order valence-electron chi connectivity index (χ4n) is 1.89. The first kappa shape index (κ1) is 14.4. The smallest absolute Gasteiger partial charge is 0.234 e. The summed E-state index contributed by atoms with van der Waals surface area (Å²) in [6.07, 6.45) is 1.02. The molecule has 0 aromatic carbocycles. The van der Waals surface area contributed by atoms with Crippen LogP contribution in [0.5, 0.6) is 0 Å². The zero-order valence-corrected chi connectivity index (χ0v) is 11.4. The van der Waals surface area contributed by atoms with Crippen molar-refractivity contribution in [2.45, 2.75) is 6.42 Å².